The summed E-state index contributed by atoms with van der Waals surface area (Å²) in [5.74, 6) is -2.48. The van der Waals surface area contributed by atoms with E-state index in [1.54, 1.807) is 0 Å². The number of aliphatic hydroxyl groups excluding tert-OH is 1. The first-order valence-corrected chi connectivity index (χ1v) is 11.8. The predicted octanol–water partition coefficient (Wildman–Crippen LogP) is 5.79. The maximum Gasteiger partial charge on any atom is 0.300 e. The average molecular weight is 562 g/mol. The zero-order valence-electron chi connectivity index (χ0n) is 20.7. The molecule has 3 aromatic carbocycles. The van der Waals surface area contributed by atoms with Crippen LogP contribution in [0.2, 0.25) is 10.0 Å². The molecule has 1 unspecified atom stereocenters. The Morgan fingerprint density at radius 1 is 0.895 bits per heavy atom. The quantitative estimate of drug-likeness (QED) is 0.221. The lowest BCUT2D eigenvalue weighted by Crippen LogP contribution is -2.29. The summed E-state index contributed by atoms with van der Waals surface area (Å²) in [6.07, 6.45) is 0. The van der Waals surface area contributed by atoms with E-state index in [9.17, 15) is 19.1 Å². The van der Waals surface area contributed by atoms with Gasteiger partial charge in [-0.2, -0.15) is 0 Å². The van der Waals surface area contributed by atoms with Crippen LogP contribution in [-0.4, -0.2) is 45.2 Å². The Morgan fingerprint density at radius 2 is 1.53 bits per heavy atom. The van der Waals surface area contributed by atoms with Gasteiger partial charge in [-0.25, -0.2) is 4.39 Å². The van der Waals surface area contributed by atoms with Gasteiger partial charge < -0.3 is 24.1 Å². The van der Waals surface area contributed by atoms with Crippen molar-refractivity contribution in [1.82, 2.24) is 0 Å². The molecule has 11 heteroatoms. The Labute approximate surface area is 227 Å². The van der Waals surface area contributed by atoms with Gasteiger partial charge in [-0.15, -0.1) is 0 Å². The van der Waals surface area contributed by atoms with E-state index in [0.29, 0.717) is 5.56 Å². The molecule has 8 nitrogen and oxygen atoms in total. The van der Waals surface area contributed by atoms with E-state index in [-0.39, 0.29) is 49.9 Å². The number of ether oxygens (including phenoxy) is 4. The van der Waals surface area contributed by atoms with Gasteiger partial charge in [0, 0.05) is 10.7 Å². The van der Waals surface area contributed by atoms with Crippen molar-refractivity contribution in [1.29, 1.82) is 0 Å². The number of carbonyl (C=O) groups excluding carboxylic acids is 2. The molecule has 1 amide bonds. The monoisotopic (exact) mass is 561 g/mol. The number of aliphatic hydroxyl groups is 1. The molecule has 1 fully saturated rings. The number of rotatable bonds is 7. The van der Waals surface area contributed by atoms with Crippen LogP contribution in [0.5, 0.6) is 23.0 Å². The van der Waals surface area contributed by atoms with E-state index in [1.165, 1.54) is 70.9 Å². The Morgan fingerprint density at radius 3 is 2.08 bits per heavy atom. The zero-order chi connectivity index (χ0) is 27.7. The van der Waals surface area contributed by atoms with E-state index in [2.05, 4.69) is 0 Å². The van der Waals surface area contributed by atoms with Crippen LogP contribution in [0, 0.1) is 5.82 Å². The molecule has 1 saturated heterocycles. The summed E-state index contributed by atoms with van der Waals surface area (Å²) < 4.78 is 35.9. The number of Topliss-reactive ketones (excluding diaryl/α,β-unsaturated/α-hetero) is 1. The molecule has 1 atom stereocenters. The molecule has 0 saturated carbocycles. The van der Waals surface area contributed by atoms with Crippen LogP contribution in [0.1, 0.15) is 17.2 Å². The van der Waals surface area contributed by atoms with Crippen molar-refractivity contribution < 1.29 is 38.0 Å². The number of amides is 1. The van der Waals surface area contributed by atoms with Gasteiger partial charge >= 0.3 is 0 Å². The van der Waals surface area contributed by atoms with Crippen molar-refractivity contribution in [3.63, 3.8) is 0 Å². The van der Waals surface area contributed by atoms with Crippen molar-refractivity contribution in [2.24, 2.45) is 0 Å². The summed E-state index contributed by atoms with van der Waals surface area (Å²) >= 11 is 12.4. The summed E-state index contributed by atoms with van der Waals surface area (Å²) in [6.45, 7) is 0. The van der Waals surface area contributed by atoms with Crippen LogP contribution in [0.25, 0.3) is 5.76 Å². The Hall–Kier alpha value is -3.95. The molecule has 0 aromatic heterocycles. The zero-order valence-corrected chi connectivity index (χ0v) is 22.2. The van der Waals surface area contributed by atoms with E-state index < -0.39 is 29.3 Å². The number of ketones is 1. The second kappa shape index (κ2) is 10.8. The summed E-state index contributed by atoms with van der Waals surface area (Å²) in [6, 6.07) is 9.74. The fourth-order valence-electron chi connectivity index (χ4n) is 4.39. The largest absolute Gasteiger partial charge is 0.507 e. The van der Waals surface area contributed by atoms with Crippen LogP contribution < -0.4 is 23.8 Å². The molecule has 0 spiro atoms. The van der Waals surface area contributed by atoms with Crippen LogP contribution in [-0.2, 0) is 9.59 Å². The first kappa shape index (κ1) is 27.1. The normalized spacial score (nSPS) is 16.5. The molecule has 198 valence electrons. The van der Waals surface area contributed by atoms with Gasteiger partial charge in [0.25, 0.3) is 11.7 Å². The molecule has 0 aliphatic carbocycles. The topological polar surface area (TPSA) is 94.5 Å². The van der Waals surface area contributed by atoms with Crippen molar-refractivity contribution in [2.75, 3.05) is 33.3 Å². The number of methoxy groups -OCH3 is 4. The lowest BCUT2D eigenvalue weighted by molar-refractivity contribution is -0.132. The molecular weight excluding hydrogens is 540 g/mol. The SMILES string of the molecule is COc1cc(C2/C(=C(\O)c3cc(Cl)cc(Cl)c3OC)C(=O)C(=O)N2c2cccc(F)c2)cc(OC)c1OC. The van der Waals surface area contributed by atoms with Crippen molar-refractivity contribution in [2.45, 2.75) is 6.04 Å². The standard InChI is InChI=1S/C27H22Cl2FNO7/c1-35-19-8-13(9-20(36-2)26(19)38-4)22-21(23(32)17-10-14(28)11-18(29)25(17)37-3)24(33)27(34)31(22)16-7-5-6-15(30)12-16/h5-12,22,32H,1-4H3/b23-21+. The minimum atomic E-state index is -1.24. The van der Waals surface area contributed by atoms with Gasteiger partial charge in [-0.05, 0) is 48.0 Å². The van der Waals surface area contributed by atoms with E-state index in [4.69, 9.17) is 42.1 Å². The maximum absolute atomic E-state index is 14.2. The Balaban J connectivity index is 2.08. The smallest absolute Gasteiger partial charge is 0.300 e. The van der Waals surface area contributed by atoms with E-state index in [0.717, 1.165) is 11.0 Å². The third-order valence-corrected chi connectivity index (χ3v) is 6.50. The van der Waals surface area contributed by atoms with Gasteiger partial charge in [0.1, 0.15) is 17.3 Å². The number of anilines is 1. The minimum Gasteiger partial charge on any atom is -0.507 e. The van der Waals surface area contributed by atoms with Crippen LogP contribution >= 0.6 is 23.2 Å². The molecule has 1 heterocycles. The minimum absolute atomic E-state index is 0.0142. The fourth-order valence-corrected chi connectivity index (χ4v) is 4.96. The molecule has 38 heavy (non-hydrogen) atoms. The van der Waals surface area contributed by atoms with Gasteiger partial charge in [-0.1, -0.05) is 29.3 Å². The third-order valence-electron chi connectivity index (χ3n) is 6.00. The van der Waals surface area contributed by atoms with Gasteiger partial charge in [0.05, 0.1) is 50.6 Å². The van der Waals surface area contributed by atoms with Gasteiger partial charge in [0.2, 0.25) is 5.75 Å². The van der Waals surface area contributed by atoms with Gasteiger partial charge in [-0.3, -0.25) is 14.5 Å². The fraction of sp³-hybridized carbons (Fsp3) is 0.185. The van der Waals surface area contributed by atoms with Gasteiger partial charge in [0.15, 0.2) is 11.5 Å². The van der Waals surface area contributed by atoms with Crippen molar-refractivity contribution in [3.05, 3.63) is 81.1 Å². The van der Waals surface area contributed by atoms with Crippen molar-refractivity contribution >= 4 is 46.3 Å². The number of hydrogen-bond donors (Lipinski definition) is 1. The number of carbonyl (C=O) groups is 2. The number of hydrogen-bond acceptors (Lipinski definition) is 7. The second-order valence-corrected chi connectivity index (χ2v) is 8.92. The number of benzene rings is 3. The Kier molecular flexibility index (Phi) is 7.71. The summed E-state index contributed by atoms with van der Waals surface area (Å²) in [4.78, 5) is 28.0. The van der Waals surface area contributed by atoms with E-state index in [1.807, 2.05) is 0 Å². The predicted molar refractivity (Wildman–Crippen MR) is 140 cm³/mol. The third kappa shape index (κ3) is 4.59. The first-order chi connectivity index (χ1) is 18.2. The van der Waals surface area contributed by atoms with Crippen LogP contribution in [0.4, 0.5) is 10.1 Å². The molecule has 3 aromatic rings. The summed E-state index contributed by atoms with van der Waals surface area (Å²) in [5, 5.41) is 11.7. The molecule has 1 aliphatic heterocycles. The maximum atomic E-state index is 14.2. The first-order valence-electron chi connectivity index (χ1n) is 11.1. The highest BCUT2D eigenvalue weighted by Gasteiger charge is 2.48. The average Bonchev–Trinajstić information content (AvgIpc) is 3.17. The van der Waals surface area contributed by atoms with Crippen LogP contribution in [0.3, 0.4) is 0 Å². The number of nitrogens with zero attached hydrogens (tertiary/aromatic N) is 1. The molecule has 0 radical (unpaired) electrons. The highest BCUT2D eigenvalue weighted by Crippen LogP contribution is 2.48. The molecule has 1 aliphatic rings. The lowest BCUT2D eigenvalue weighted by Gasteiger charge is -2.27. The highest BCUT2D eigenvalue weighted by molar-refractivity contribution is 6.52. The second-order valence-electron chi connectivity index (χ2n) is 8.08. The summed E-state index contributed by atoms with van der Waals surface area (Å²) in [7, 11) is 5.56. The lowest BCUT2D eigenvalue weighted by atomic mass is 9.94. The molecule has 4 rings (SSSR count). The van der Waals surface area contributed by atoms with E-state index >= 15 is 0 Å². The Bertz CT molecular complexity index is 1450. The molecular formula is C27H22Cl2FNO7. The number of halogens is 3. The molecule has 1 N–H and O–H groups in total. The summed E-state index contributed by atoms with van der Waals surface area (Å²) in [5.41, 5.74) is 0.0578. The molecule has 0 bridgehead atoms. The highest BCUT2D eigenvalue weighted by atomic mass is 35.5. The van der Waals surface area contributed by atoms with Crippen molar-refractivity contribution in [3.8, 4) is 23.0 Å². The van der Waals surface area contributed by atoms with Crippen LogP contribution in [0.15, 0.2) is 54.1 Å².